The molecule has 0 aromatic heterocycles. The first-order valence-electron chi connectivity index (χ1n) is 19.2. The van der Waals surface area contributed by atoms with E-state index in [4.69, 9.17) is 9.47 Å². The van der Waals surface area contributed by atoms with Crippen LogP contribution < -0.4 is 19.4 Å². The maximum atomic E-state index is 15.1. The van der Waals surface area contributed by atoms with Crippen LogP contribution in [0.5, 0.6) is 5.75 Å². The van der Waals surface area contributed by atoms with Gasteiger partial charge in [0.05, 0.1) is 24.0 Å². The number of hydrogen-bond acceptors (Lipinski definition) is 7. The van der Waals surface area contributed by atoms with Crippen LogP contribution in [0.1, 0.15) is 72.6 Å². The number of benzene rings is 2. The lowest BCUT2D eigenvalue weighted by Gasteiger charge is -2.37. The Kier molecular flexibility index (Phi) is 12.9. The monoisotopic (exact) mass is 714 g/mol. The van der Waals surface area contributed by atoms with Crippen LogP contribution in [0.3, 0.4) is 0 Å². The lowest BCUT2D eigenvalue weighted by molar-refractivity contribution is -0.146. The quantitative estimate of drug-likeness (QED) is 0.126. The van der Waals surface area contributed by atoms with E-state index in [2.05, 4.69) is 31.9 Å². The van der Waals surface area contributed by atoms with Gasteiger partial charge >= 0.3 is 0 Å². The van der Waals surface area contributed by atoms with Crippen molar-refractivity contribution in [1.82, 2.24) is 4.90 Å². The molecule has 3 fully saturated rings. The number of anilines is 3. The molecule has 0 aliphatic carbocycles. The van der Waals surface area contributed by atoms with Crippen LogP contribution >= 0.6 is 0 Å². The fraction of sp³-hybridized carbons (Fsp3) is 0.548. The summed E-state index contributed by atoms with van der Waals surface area (Å²) in [5, 5.41) is 9.35. The van der Waals surface area contributed by atoms with E-state index < -0.39 is 29.1 Å². The zero-order chi connectivity index (χ0) is 37.5. The second-order valence-electron chi connectivity index (χ2n) is 14.1. The Hall–Kier alpha value is -4.15. The maximum absolute atomic E-state index is 15.1. The number of ether oxygens (including phenoxy) is 2. The highest BCUT2D eigenvalue weighted by molar-refractivity contribution is 6.07. The number of aliphatic hydroxyl groups is 1. The third-order valence-corrected chi connectivity index (χ3v) is 11.4. The molecule has 1 N–H and O–H groups in total. The van der Waals surface area contributed by atoms with Gasteiger partial charge in [-0.3, -0.25) is 14.4 Å². The van der Waals surface area contributed by atoms with Crippen LogP contribution in [0.15, 0.2) is 73.8 Å². The van der Waals surface area contributed by atoms with E-state index in [1.54, 1.807) is 26.9 Å². The number of carbonyl (C=O) groups excluding carboxylic acids is 3. The lowest BCUT2D eigenvalue weighted by atomic mass is 9.64. The SMILES string of the molecule is C=CCN(C(=O)C1N(CCCCCCO)C(=O)[C@@H]2[C@@H](C(=O)N(CC=C)c3ccc(OCC)cc3)[C@@]3(CC)CCC12O3)c1ccc(N(CC)CC)cc1. The second kappa shape index (κ2) is 17.1. The number of amides is 3. The first kappa shape index (κ1) is 39.1. The average Bonchev–Trinajstić information content (AvgIpc) is 3.77. The van der Waals surface area contributed by atoms with E-state index in [0.29, 0.717) is 62.4 Å². The van der Waals surface area contributed by atoms with Crippen molar-refractivity contribution in [3.8, 4) is 5.75 Å². The van der Waals surface area contributed by atoms with Crippen LogP contribution in [-0.2, 0) is 19.1 Å². The molecular weight excluding hydrogens is 656 g/mol. The molecule has 0 radical (unpaired) electrons. The minimum atomic E-state index is -1.16. The fourth-order valence-electron chi connectivity index (χ4n) is 8.90. The molecule has 52 heavy (non-hydrogen) atoms. The third kappa shape index (κ3) is 7.12. The van der Waals surface area contributed by atoms with Crippen molar-refractivity contribution in [1.29, 1.82) is 0 Å². The van der Waals surface area contributed by atoms with Crippen molar-refractivity contribution in [2.75, 3.05) is 60.6 Å². The largest absolute Gasteiger partial charge is 0.494 e. The van der Waals surface area contributed by atoms with Gasteiger partial charge in [0.25, 0.3) is 5.91 Å². The summed E-state index contributed by atoms with van der Waals surface area (Å²) in [4.78, 5) is 52.4. The third-order valence-electron chi connectivity index (χ3n) is 11.4. The Morgan fingerprint density at radius 2 is 1.44 bits per heavy atom. The van der Waals surface area contributed by atoms with Crippen molar-refractivity contribution in [3.63, 3.8) is 0 Å². The topological polar surface area (TPSA) is 103 Å². The van der Waals surface area contributed by atoms with Gasteiger partial charge in [-0.2, -0.15) is 0 Å². The number of hydrogen-bond donors (Lipinski definition) is 1. The minimum absolute atomic E-state index is 0.116. The van der Waals surface area contributed by atoms with E-state index in [1.165, 1.54) is 0 Å². The molecule has 3 heterocycles. The summed E-state index contributed by atoms with van der Waals surface area (Å²) in [6.45, 7) is 19.3. The van der Waals surface area contributed by atoms with Crippen LogP contribution in [0.2, 0.25) is 0 Å². The molecule has 1 spiro atoms. The van der Waals surface area contributed by atoms with Gasteiger partial charge in [-0.25, -0.2) is 0 Å². The smallest absolute Gasteiger partial charge is 0.253 e. The summed E-state index contributed by atoms with van der Waals surface area (Å²) in [6, 6.07) is 14.5. The summed E-state index contributed by atoms with van der Waals surface area (Å²) in [5.41, 5.74) is 0.423. The lowest BCUT2D eigenvalue weighted by Crippen LogP contribution is -2.56. The highest BCUT2D eigenvalue weighted by atomic mass is 16.5. The van der Waals surface area contributed by atoms with E-state index in [-0.39, 0.29) is 37.4 Å². The molecule has 3 saturated heterocycles. The molecule has 3 aliphatic rings. The first-order valence-corrected chi connectivity index (χ1v) is 19.2. The minimum Gasteiger partial charge on any atom is -0.494 e. The van der Waals surface area contributed by atoms with Gasteiger partial charge in [0.2, 0.25) is 11.8 Å². The number of likely N-dealkylation sites (tertiary alicyclic amines) is 1. The molecule has 5 rings (SSSR count). The molecule has 282 valence electrons. The van der Waals surface area contributed by atoms with Crippen LogP contribution in [0, 0.1) is 11.8 Å². The first-order chi connectivity index (χ1) is 25.2. The zero-order valence-corrected chi connectivity index (χ0v) is 31.6. The van der Waals surface area contributed by atoms with Gasteiger partial charge in [0, 0.05) is 56.4 Å². The van der Waals surface area contributed by atoms with Crippen LogP contribution in [0.4, 0.5) is 17.1 Å². The van der Waals surface area contributed by atoms with E-state index >= 15 is 4.79 Å². The fourth-order valence-corrected chi connectivity index (χ4v) is 8.90. The van der Waals surface area contributed by atoms with Gasteiger partial charge in [0.1, 0.15) is 17.4 Å². The maximum Gasteiger partial charge on any atom is 0.253 e. The molecule has 2 unspecified atom stereocenters. The number of nitrogens with zero attached hydrogens (tertiary/aromatic N) is 4. The Morgan fingerprint density at radius 1 is 0.865 bits per heavy atom. The van der Waals surface area contributed by atoms with Gasteiger partial charge in [-0.1, -0.05) is 31.9 Å². The standard InChI is InChI=1S/C42H58N4O6/c1-7-27-44(33-21-23-34(24-22-33)51-12-6)38(48)35-36-39(49)46(29-15-13-14-16-30-47)37(42(36)26-25-41(35,9-3)52-42)40(50)45(28-8-2)32-19-17-31(18-20-32)43(10-4)11-5/h7-8,17-24,35-37,47H,1-2,9-16,25-30H2,3-6H3/t35-,36-,37?,41+,42?/m0/s1. The molecule has 0 saturated carbocycles. The molecule has 2 aromatic rings. The van der Waals surface area contributed by atoms with Crippen molar-refractivity contribution in [2.45, 2.75) is 89.9 Å². The number of unbranched alkanes of at least 4 members (excludes halogenated alkanes) is 3. The van der Waals surface area contributed by atoms with Crippen molar-refractivity contribution in [2.24, 2.45) is 11.8 Å². The van der Waals surface area contributed by atoms with Crippen molar-refractivity contribution in [3.05, 3.63) is 73.8 Å². The Bertz CT molecular complexity index is 1560. The summed E-state index contributed by atoms with van der Waals surface area (Å²) in [7, 11) is 0. The number of rotatable bonds is 20. The molecule has 10 nitrogen and oxygen atoms in total. The van der Waals surface area contributed by atoms with Gasteiger partial charge in [0.15, 0.2) is 0 Å². The molecule has 5 atom stereocenters. The number of carbonyl (C=O) groups is 3. The molecule has 2 aromatic carbocycles. The van der Waals surface area contributed by atoms with E-state index in [1.807, 2.05) is 62.4 Å². The van der Waals surface area contributed by atoms with Crippen molar-refractivity contribution < 1.29 is 29.0 Å². The predicted molar refractivity (Wildman–Crippen MR) is 207 cm³/mol. The van der Waals surface area contributed by atoms with Crippen LogP contribution in [-0.4, -0.2) is 90.9 Å². The van der Waals surface area contributed by atoms with Crippen molar-refractivity contribution >= 4 is 34.8 Å². The van der Waals surface area contributed by atoms with Gasteiger partial charge in [-0.15, -0.1) is 13.2 Å². The Morgan fingerprint density at radius 3 is 2.00 bits per heavy atom. The highest BCUT2D eigenvalue weighted by Crippen LogP contribution is 2.65. The Labute approximate surface area is 310 Å². The van der Waals surface area contributed by atoms with Gasteiger partial charge < -0.3 is 34.2 Å². The normalized spacial score (nSPS) is 24.4. The molecule has 10 heteroatoms. The molecule has 3 amide bonds. The summed E-state index contributed by atoms with van der Waals surface area (Å²) in [6.07, 6.45) is 7.99. The highest BCUT2D eigenvalue weighted by Gasteiger charge is 2.79. The van der Waals surface area contributed by atoms with Gasteiger partial charge in [-0.05, 0) is 101 Å². The predicted octanol–water partition coefficient (Wildman–Crippen LogP) is 6.38. The van der Waals surface area contributed by atoms with Crippen LogP contribution in [0.25, 0.3) is 0 Å². The van der Waals surface area contributed by atoms with E-state index in [0.717, 1.165) is 31.6 Å². The summed E-state index contributed by atoms with van der Waals surface area (Å²) >= 11 is 0. The average molecular weight is 715 g/mol. The zero-order valence-electron chi connectivity index (χ0n) is 31.6. The van der Waals surface area contributed by atoms with E-state index in [9.17, 15) is 14.7 Å². The molecule has 3 aliphatic heterocycles. The number of fused-ring (bicyclic) bond motifs is 1. The summed E-state index contributed by atoms with van der Waals surface area (Å²) in [5.74, 6) is -1.51. The summed E-state index contributed by atoms with van der Waals surface area (Å²) < 4.78 is 12.8. The molecule has 2 bridgehead atoms. The Balaban J connectivity index is 1.55. The number of aliphatic hydroxyl groups excluding tert-OH is 1. The molecular formula is C42H58N4O6. The second-order valence-corrected chi connectivity index (χ2v) is 14.1.